The van der Waals surface area contributed by atoms with Crippen molar-refractivity contribution in [3.05, 3.63) is 204 Å². The summed E-state index contributed by atoms with van der Waals surface area (Å²) in [4.78, 5) is 9.51. The Morgan fingerprint density at radius 1 is 0.314 bits per heavy atom. The normalized spacial score (nSPS) is 13.3. The summed E-state index contributed by atoms with van der Waals surface area (Å²) in [5.41, 5.74) is 16.5. The van der Waals surface area contributed by atoms with E-state index >= 15 is 0 Å². The predicted octanol–water partition coefficient (Wildman–Crippen LogP) is 12.1. The van der Waals surface area contributed by atoms with Gasteiger partial charge in [-0.2, -0.15) is 0 Å². The van der Waals surface area contributed by atoms with Gasteiger partial charge in [0, 0.05) is 11.8 Å². The highest BCUT2D eigenvalue weighted by Crippen LogP contribution is 2.63. The van der Waals surface area contributed by atoms with Crippen LogP contribution in [-0.4, -0.2) is 9.97 Å². The first-order chi connectivity index (χ1) is 25.3. The smallest absolute Gasteiger partial charge is 0.0893 e. The van der Waals surface area contributed by atoms with E-state index in [1.807, 2.05) is 30.5 Å². The third-order valence-corrected chi connectivity index (χ3v) is 11.1. The van der Waals surface area contributed by atoms with Crippen LogP contribution in [0.5, 0.6) is 0 Å². The maximum absolute atomic E-state index is 4.99. The van der Waals surface area contributed by atoms with E-state index in [1.54, 1.807) is 0 Å². The van der Waals surface area contributed by atoms with E-state index in [9.17, 15) is 0 Å². The fraction of sp³-hybridized carbons (Fsp3) is 0.0204. The van der Waals surface area contributed by atoms with Gasteiger partial charge in [0.1, 0.15) is 0 Å². The van der Waals surface area contributed by atoms with Gasteiger partial charge in [0.05, 0.1) is 22.5 Å². The molecule has 2 aliphatic carbocycles. The number of nitrogens with zero attached hydrogens (tertiary/aromatic N) is 2. The van der Waals surface area contributed by atoms with Crippen LogP contribution in [0.15, 0.2) is 182 Å². The fourth-order valence-electron chi connectivity index (χ4n) is 8.85. The van der Waals surface area contributed by atoms with Crippen LogP contribution in [0.1, 0.15) is 22.3 Å². The third-order valence-electron chi connectivity index (χ3n) is 11.1. The molecule has 0 unspecified atom stereocenters. The van der Waals surface area contributed by atoms with Crippen LogP contribution in [0, 0.1) is 0 Å². The van der Waals surface area contributed by atoms with Gasteiger partial charge in [-0.3, -0.25) is 4.98 Å². The van der Waals surface area contributed by atoms with E-state index in [0.717, 1.165) is 22.6 Å². The number of pyridine rings is 2. The molecule has 1 spiro atoms. The van der Waals surface area contributed by atoms with Crippen LogP contribution < -0.4 is 0 Å². The number of fused-ring (bicyclic) bond motifs is 12. The molecule has 0 saturated carbocycles. The lowest BCUT2D eigenvalue weighted by atomic mass is 9.70. The highest BCUT2D eigenvalue weighted by molar-refractivity contribution is 6.03. The average molecular weight is 647 g/mol. The van der Waals surface area contributed by atoms with Gasteiger partial charge in [0.2, 0.25) is 0 Å². The summed E-state index contributed by atoms with van der Waals surface area (Å²) in [6, 6.07) is 64.4. The van der Waals surface area contributed by atoms with Gasteiger partial charge < -0.3 is 0 Å². The average Bonchev–Trinajstić information content (AvgIpc) is 3.65. The van der Waals surface area contributed by atoms with Crippen LogP contribution in [-0.2, 0) is 5.41 Å². The molecule has 0 fully saturated rings. The van der Waals surface area contributed by atoms with Crippen molar-refractivity contribution in [2.45, 2.75) is 5.41 Å². The first kappa shape index (κ1) is 28.2. The molecule has 0 radical (unpaired) electrons. The van der Waals surface area contributed by atoms with Gasteiger partial charge in [0.25, 0.3) is 0 Å². The summed E-state index contributed by atoms with van der Waals surface area (Å²) < 4.78 is 0. The van der Waals surface area contributed by atoms with Gasteiger partial charge in [-0.25, -0.2) is 4.98 Å². The van der Waals surface area contributed by atoms with Gasteiger partial charge in [-0.1, -0.05) is 115 Å². The predicted molar refractivity (Wildman–Crippen MR) is 210 cm³/mol. The largest absolute Gasteiger partial charge is 0.255 e. The number of hydrogen-bond donors (Lipinski definition) is 0. The molecule has 0 amide bonds. The van der Waals surface area contributed by atoms with E-state index in [1.165, 1.54) is 77.2 Å². The Hall–Kier alpha value is -6.64. The van der Waals surface area contributed by atoms with Crippen LogP contribution in [0.25, 0.3) is 77.6 Å². The molecule has 7 aromatic carbocycles. The van der Waals surface area contributed by atoms with E-state index in [4.69, 9.17) is 4.98 Å². The van der Waals surface area contributed by atoms with E-state index < -0.39 is 5.41 Å². The van der Waals surface area contributed by atoms with Crippen molar-refractivity contribution < 1.29 is 0 Å². The monoisotopic (exact) mass is 646 g/mol. The quantitative estimate of drug-likeness (QED) is 0.191. The van der Waals surface area contributed by atoms with Crippen LogP contribution >= 0.6 is 0 Å². The summed E-state index contributed by atoms with van der Waals surface area (Å²) in [5.74, 6) is 0. The number of rotatable bonds is 3. The summed E-state index contributed by atoms with van der Waals surface area (Å²) in [7, 11) is 0. The molecule has 2 nitrogen and oxygen atoms in total. The molecule has 0 saturated heterocycles. The molecular formula is C49H30N2. The Bertz CT molecular complexity index is 2820. The molecule has 0 bridgehead atoms. The first-order valence-corrected chi connectivity index (χ1v) is 17.6. The highest BCUT2D eigenvalue weighted by Gasteiger charge is 2.51. The summed E-state index contributed by atoms with van der Waals surface area (Å²) >= 11 is 0. The maximum Gasteiger partial charge on any atom is 0.0893 e. The maximum atomic E-state index is 4.99. The Morgan fingerprint density at radius 3 is 1.63 bits per heavy atom. The lowest BCUT2D eigenvalue weighted by Crippen LogP contribution is -2.25. The highest BCUT2D eigenvalue weighted by atomic mass is 14.8. The van der Waals surface area contributed by atoms with E-state index in [2.05, 4.69) is 157 Å². The SMILES string of the molecule is c1ccc(-c2cccc(-c3cccc(-c4ccc5cc6c(cc5c4)C4(c5ccccc5-c5ccccc54)c4cc5ccccc5cc4-6)c3)n2)nc1. The molecule has 0 aliphatic heterocycles. The second kappa shape index (κ2) is 10.7. The summed E-state index contributed by atoms with van der Waals surface area (Å²) in [6.07, 6.45) is 1.81. The minimum atomic E-state index is -0.393. The zero-order valence-corrected chi connectivity index (χ0v) is 27.7. The third kappa shape index (κ3) is 4.05. The van der Waals surface area contributed by atoms with Gasteiger partial charge >= 0.3 is 0 Å². The molecular weight excluding hydrogens is 617 g/mol. The molecule has 2 aromatic heterocycles. The second-order valence-electron chi connectivity index (χ2n) is 13.7. The van der Waals surface area contributed by atoms with Gasteiger partial charge in [-0.15, -0.1) is 0 Å². The lowest BCUT2D eigenvalue weighted by molar-refractivity contribution is 0.796. The molecule has 2 heteroatoms. The molecule has 0 N–H and O–H groups in total. The number of aromatic nitrogens is 2. The first-order valence-electron chi connectivity index (χ1n) is 17.6. The van der Waals surface area contributed by atoms with Crippen molar-refractivity contribution in [2.24, 2.45) is 0 Å². The van der Waals surface area contributed by atoms with E-state index in [-0.39, 0.29) is 0 Å². The standard InChI is InChI=1S/C49H30N2/c1-2-12-33-29-44-40(27-32(33)11-1)41-28-35-23-22-34(31-13-9-14-36(25-31)46-20-10-21-48(51-46)47-19-7-8-24-50-47)26-37(35)30-45(41)49(44)42-17-5-3-15-38(42)39-16-4-6-18-43(39)49/h1-30H. The molecule has 9 aromatic rings. The zero-order chi connectivity index (χ0) is 33.5. The van der Waals surface area contributed by atoms with Crippen molar-refractivity contribution in [1.29, 1.82) is 0 Å². The topological polar surface area (TPSA) is 25.8 Å². The molecule has 2 aliphatic rings. The van der Waals surface area contributed by atoms with Crippen molar-refractivity contribution in [3.8, 4) is 56.0 Å². The van der Waals surface area contributed by atoms with Crippen molar-refractivity contribution >= 4 is 21.5 Å². The minimum Gasteiger partial charge on any atom is -0.255 e. The Morgan fingerprint density at radius 2 is 0.882 bits per heavy atom. The van der Waals surface area contributed by atoms with E-state index in [0.29, 0.717) is 0 Å². The Kier molecular flexibility index (Phi) is 5.91. The molecule has 51 heavy (non-hydrogen) atoms. The van der Waals surface area contributed by atoms with Gasteiger partial charge in [-0.05, 0) is 138 Å². The fourth-order valence-corrected chi connectivity index (χ4v) is 8.85. The molecule has 236 valence electrons. The zero-order valence-electron chi connectivity index (χ0n) is 27.7. The van der Waals surface area contributed by atoms with Crippen LogP contribution in [0.2, 0.25) is 0 Å². The van der Waals surface area contributed by atoms with Crippen molar-refractivity contribution in [2.75, 3.05) is 0 Å². The Labute approximate surface area is 296 Å². The van der Waals surface area contributed by atoms with Crippen molar-refractivity contribution in [1.82, 2.24) is 9.97 Å². The van der Waals surface area contributed by atoms with Crippen LogP contribution in [0.3, 0.4) is 0 Å². The van der Waals surface area contributed by atoms with Crippen LogP contribution in [0.4, 0.5) is 0 Å². The number of benzene rings is 7. The molecule has 11 rings (SSSR count). The number of hydrogen-bond acceptors (Lipinski definition) is 2. The van der Waals surface area contributed by atoms with Crippen molar-refractivity contribution in [3.63, 3.8) is 0 Å². The van der Waals surface area contributed by atoms with Gasteiger partial charge in [0.15, 0.2) is 0 Å². The minimum absolute atomic E-state index is 0.393. The molecule has 2 heterocycles. The molecule has 0 atom stereocenters. The summed E-state index contributed by atoms with van der Waals surface area (Å²) in [5, 5.41) is 5.03. The second-order valence-corrected chi connectivity index (χ2v) is 13.7. The lowest BCUT2D eigenvalue weighted by Gasteiger charge is -2.30. The summed E-state index contributed by atoms with van der Waals surface area (Å²) in [6.45, 7) is 0. The Balaban J connectivity index is 1.11.